The number of carbonyl (C=O) groups excluding carboxylic acids is 2. The Morgan fingerprint density at radius 1 is 1.31 bits per heavy atom. The van der Waals surface area contributed by atoms with Gasteiger partial charge < -0.3 is 30.5 Å². The fourth-order valence-electron chi connectivity index (χ4n) is 0.983. The predicted molar refractivity (Wildman–Crippen MR) is 59.9 cm³/mol. The summed E-state index contributed by atoms with van der Waals surface area (Å²) in [6.45, 7) is 0.377. The van der Waals surface area contributed by atoms with E-state index in [1.165, 1.54) is 0 Å². The first-order chi connectivity index (χ1) is 6.93. The van der Waals surface area contributed by atoms with Crippen molar-refractivity contribution in [2.45, 2.75) is 31.3 Å². The van der Waals surface area contributed by atoms with Crippen LogP contribution in [0.5, 0.6) is 0 Å². The summed E-state index contributed by atoms with van der Waals surface area (Å²) in [6, 6.07) is -1.32. The summed E-state index contributed by atoms with van der Waals surface area (Å²) in [5, 5.41) is 38.2. The molecule has 0 spiro atoms. The van der Waals surface area contributed by atoms with E-state index < -0.39 is 36.9 Å². The van der Waals surface area contributed by atoms with Crippen LogP contribution in [0.15, 0.2) is 0 Å². The molecule has 0 aromatic carbocycles. The number of aliphatic hydroxyl groups excluding tert-OH is 4. The molecule has 96 valence electrons. The number of nitrogens with one attached hydrogen (secondary N) is 1. The van der Waals surface area contributed by atoms with Crippen molar-refractivity contribution in [1.29, 1.82) is 0 Å². The molecule has 0 heterocycles. The van der Waals surface area contributed by atoms with Crippen LogP contribution in [-0.4, -0.2) is 63.6 Å². The van der Waals surface area contributed by atoms with E-state index in [4.69, 9.17) is 10.2 Å². The molecular formula is C8H18NO6P. The van der Waals surface area contributed by atoms with Gasteiger partial charge in [0.15, 0.2) is 0 Å². The van der Waals surface area contributed by atoms with Crippen LogP contribution in [0, 0.1) is 0 Å². The minimum absolute atomic E-state index is 0. The van der Waals surface area contributed by atoms with E-state index in [0.29, 0.717) is 0 Å². The smallest absolute Gasteiger partial charge is 0.217 e. The van der Waals surface area contributed by atoms with E-state index in [1.54, 1.807) is 0 Å². The van der Waals surface area contributed by atoms with Gasteiger partial charge in [0.2, 0.25) is 5.91 Å². The highest BCUT2D eigenvalue weighted by Gasteiger charge is 2.31. The molecule has 5 atom stereocenters. The van der Waals surface area contributed by atoms with E-state index >= 15 is 0 Å². The molecule has 5 unspecified atom stereocenters. The highest BCUT2D eigenvalue weighted by molar-refractivity contribution is 6.92. The van der Waals surface area contributed by atoms with Crippen molar-refractivity contribution >= 4 is 22.1 Å². The predicted octanol–water partition coefficient (Wildman–Crippen LogP) is -3.18. The summed E-state index contributed by atoms with van der Waals surface area (Å²) in [5.41, 5.74) is 0. The largest absolute Gasteiger partial charge is 0.394 e. The topological polar surface area (TPSA) is 127 Å². The van der Waals surface area contributed by atoms with Gasteiger partial charge in [-0.3, -0.25) is 4.79 Å². The maximum atomic E-state index is 10.6. The average Bonchev–Trinajstić information content (AvgIpc) is 2.22. The number of carbonyl (C=O) groups is 2. The Labute approximate surface area is 96.1 Å². The summed E-state index contributed by atoms with van der Waals surface area (Å²) < 4.78 is 0. The Balaban J connectivity index is 0. The van der Waals surface area contributed by atoms with Gasteiger partial charge in [-0.25, -0.2) is 0 Å². The van der Waals surface area contributed by atoms with Gasteiger partial charge in [-0.15, -0.1) is 0 Å². The van der Waals surface area contributed by atoms with E-state index in [-0.39, 0.29) is 16.2 Å². The maximum absolute atomic E-state index is 10.6. The molecule has 0 radical (unpaired) electrons. The monoisotopic (exact) mass is 255 g/mol. The Kier molecular flexibility index (Phi) is 9.51. The lowest BCUT2D eigenvalue weighted by Crippen LogP contribution is -2.53. The maximum Gasteiger partial charge on any atom is 0.217 e. The summed E-state index contributed by atoms with van der Waals surface area (Å²) in [6.07, 6.45) is -4.72. The molecular weight excluding hydrogens is 237 g/mol. The number of hydrogen-bond acceptors (Lipinski definition) is 6. The third-order valence-electron chi connectivity index (χ3n) is 1.82. The van der Waals surface area contributed by atoms with Gasteiger partial charge in [0.05, 0.1) is 6.61 Å². The van der Waals surface area contributed by atoms with E-state index in [9.17, 15) is 19.8 Å². The fourth-order valence-corrected chi connectivity index (χ4v) is 0.983. The molecule has 0 aliphatic rings. The molecule has 0 aromatic heterocycles. The first kappa shape index (κ1) is 17.8. The van der Waals surface area contributed by atoms with Crippen LogP contribution in [0.4, 0.5) is 0 Å². The van der Waals surface area contributed by atoms with Crippen molar-refractivity contribution in [3.05, 3.63) is 0 Å². The SMILES string of the molecule is CC(=O)NC(C=O)C(O)C(O)C(O)CO.P. The van der Waals surface area contributed by atoms with Gasteiger partial charge in [-0.2, -0.15) is 9.90 Å². The molecule has 0 saturated heterocycles. The number of amides is 1. The molecule has 16 heavy (non-hydrogen) atoms. The second-order valence-corrected chi connectivity index (χ2v) is 3.09. The third kappa shape index (κ3) is 5.48. The van der Waals surface area contributed by atoms with Crippen LogP contribution in [0.3, 0.4) is 0 Å². The molecule has 5 N–H and O–H groups in total. The van der Waals surface area contributed by atoms with Crippen LogP contribution in [-0.2, 0) is 9.59 Å². The zero-order valence-electron chi connectivity index (χ0n) is 8.91. The fraction of sp³-hybridized carbons (Fsp3) is 0.750. The first-order valence-corrected chi connectivity index (χ1v) is 4.31. The lowest BCUT2D eigenvalue weighted by Gasteiger charge is -2.25. The molecule has 0 aliphatic heterocycles. The Morgan fingerprint density at radius 2 is 1.81 bits per heavy atom. The van der Waals surface area contributed by atoms with Crippen molar-refractivity contribution < 1.29 is 30.0 Å². The highest BCUT2D eigenvalue weighted by Crippen LogP contribution is 2.03. The zero-order chi connectivity index (χ0) is 12.0. The van der Waals surface area contributed by atoms with Crippen molar-refractivity contribution in [2.24, 2.45) is 0 Å². The number of rotatable bonds is 6. The summed E-state index contributed by atoms with van der Waals surface area (Å²) >= 11 is 0. The van der Waals surface area contributed by atoms with Crippen LogP contribution in [0.2, 0.25) is 0 Å². The molecule has 0 saturated carbocycles. The van der Waals surface area contributed by atoms with Crippen LogP contribution in [0.25, 0.3) is 0 Å². The lowest BCUT2D eigenvalue weighted by molar-refractivity contribution is -0.129. The van der Waals surface area contributed by atoms with Crippen LogP contribution < -0.4 is 5.32 Å². The van der Waals surface area contributed by atoms with E-state index in [2.05, 4.69) is 5.32 Å². The summed E-state index contributed by atoms with van der Waals surface area (Å²) in [7, 11) is 0. The van der Waals surface area contributed by atoms with Crippen LogP contribution in [0.1, 0.15) is 6.92 Å². The van der Waals surface area contributed by atoms with Gasteiger partial charge in [0.25, 0.3) is 0 Å². The molecule has 1 amide bonds. The standard InChI is InChI=1S/C8H15NO6.H3P/c1-4(12)9-5(2-10)7(14)8(15)6(13)3-11;/h2,5-8,11,13-15H,3H2,1H3,(H,9,12);1H3. The normalized spacial score (nSPS) is 17.6. The Bertz CT molecular complexity index is 227. The van der Waals surface area contributed by atoms with Gasteiger partial charge >= 0.3 is 0 Å². The van der Waals surface area contributed by atoms with Gasteiger partial charge in [-0.1, -0.05) is 0 Å². The summed E-state index contributed by atoms with van der Waals surface area (Å²) in [4.78, 5) is 21.1. The second-order valence-electron chi connectivity index (χ2n) is 3.09. The Hall–Kier alpha value is -0.590. The lowest BCUT2D eigenvalue weighted by atomic mass is 10.0. The molecule has 0 aliphatic carbocycles. The van der Waals surface area contributed by atoms with Crippen molar-refractivity contribution in [3.8, 4) is 0 Å². The van der Waals surface area contributed by atoms with Gasteiger partial charge in [-0.05, 0) is 0 Å². The average molecular weight is 255 g/mol. The minimum atomic E-state index is -1.71. The van der Waals surface area contributed by atoms with Crippen molar-refractivity contribution in [3.63, 3.8) is 0 Å². The van der Waals surface area contributed by atoms with E-state index in [1.807, 2.05) is 0 Å². The third-order valence-corrected chi connectivity index (χ3v) is 1.82. The van der Waals surface area contributed by atoms with Crippen molar-refractivity contribution in [1.82, 2.24) is 5.32 Å². The number of aldehydes is 1. The molecule has 0 bridgehead atoms. The molecule has 0 fully saturated rings. The quantitative estimate of drug-likeness (QED) is 0.251. The molecule has 7 nitrogen and oxygen atoms in total. The zero-order valence-corrected chi connectivity index (χ0v) is 10.3. The van der Waals surface area contributed by atoms with Crippen molar-refractivity contribution in [2.75, 3.05) is 6.61 Å². The number of aliphatic hydroxyl groups is 4. The first-order valence-electron chi connectivity index (χ1n) is 4.31. The minimum Gasteiger partial charge on any atom is -0.394 e. The highest BCUT2D eigenvalue weighted by atomic mass is 31.0. The summed E-state index contributed by atoms with van der Waals surface area (Å²) in [5.74, 6) is -0.558. The van der Waals surface area contributed by atoms with Gasteiger partial charge in [0.1, 0.15) is 30.6 Å². The molecule has 8 heteroatoms. The number of hydrogen-bond donors (Lipinski definition) is 5. The van der Waals surface area contributed by atoms with Gasteiger partial charge in [0, 0.05) is 6.92 Å². The molecule has 0 rings (SSSR count). The molecule has 0 aromatic rings. The van der Waals surface area contributed by atoms with Crippen LogP contribution >= 0.6 is 9.90 Å². The van der Waals surface area contributed by atoms with E-state index in [0.717, 1.165) is 6.92 Å². The Morgan fingerprint density at radius 3 is 2.12 bits per heavy atom. The second kappa shape index (κ2) is 8.55.